The van der Waals surface area contributed by atoms with E-state index in [0.29, 0.717) is 0 Å². The molecular weight excluding hydrogens is 170 g/mol. The largest absolute Gasteiger partial charge is 3.00 e. The first kappa shape index (κ1) is 22.9. The molecule has 0 aliphatic heterocycles. The molecule has 0 saturated carbocycles. The highest BCUT2D eigenvalue weighted by Crippen LogP contribution is 1.57. The molecule has 0 bridgehead atoms. The van der Waals surface area contributed by atoms with E-state index < -0.39 is 18.3 Å². The smallest absolute Gasteiger partial charge is 0.852 e. The van der Waals surface area contributed by atoms with E-state index in [1.807, 2.05) is 0 Å². The van der Waals surface area contributed by atoms with E-state index in [9.17, 15) is 15.3 Å². The molecule has 0 aliphatic rings. The summed E-state index contributed by atoms with van der Waals surface area (Å²) in [5.41, 5.74) is 0. The van der Waals surface area contributed by atoms with E-state index in [2.05, 4.69) is 0 Å². The first-order chi connectivity index (χ1) is 5.20. The quantitative estimate of drug-likeness (QED) is 0.480. The molecule has 13 heavy (non-hydrogen) atoms. The van der Waals surface area contributed by atoms with Crippen molar-refractivity contribution >= 4 is 0 Å². The van der Waals surface area contributed by atoms with Crippen LogP contribution in [0, 0.1) is 0 Å². The molecular formula is C9H21NO3. The summed E-state index contributed by atoms with van der Waals surface area (Å²) in [4.78, 5) is 0. The van der Waals surface area contributed by atoms with E-state index in [0.717, 1.165) is 0 Å². The lowest BCUT2D eigenvalue weighted by molar-refractivity contribution is -0.408. The summed E-state index contributed by atoms with van der Waals surface area (Å²) in [5, 5.41) is 28.6. The summed E-state index contributed by atoms with van der Waals surface area (Å²) >= 11 is 0. The van der Waals surface area contributed by atoms with E-state index in [-0.39, 0.29) is 6.15 Å². The second-order valence-electron chi connectivity index (χ2n) is 3.15. The van der Waals surface area contributed by atoms with Gasteiger partial charge < -0.3 is 15.3 Å². The van der Waals surface area contributed by atoms with E-state index >= 15 is 0 Å². The molecule has 0 aromatic carbocycles. The van der Waals surface area contributed by atoms with Gasteiger partial charge in [0.15, 0.2) is 0 Å². The van der Waals surface area contributed by atoms with Crippen molar-refractivity contribution in [2.45, 2.75) is 59.9 Å². The molecule has 4 nitrogen and oxygen atoms in total. The zero-order valence-corrected chi connectivity index (χ0v) is 9.40. The van der Waals surface area contributed by atoms with E-state index in [1.54, 1.807) is 41.5 Å². The molecule has 0 amide bonds. The monoisotopic (exact) mass is 191 g/mol. The van der Waals surface area contributed by atoms with Crippen LogP contribution in [0.15, 0.2) is 0 Å². The fourth-order valence-corrected chi connectivity index (χ4v) is 0. The lowest BCUT2D eigenvalue weighted by Crippen LogP contribution is -2.14. The lowest BCUT2D eigenvalue weighted by Gasteiger charge is -2.02. The average molecular weight is 191 g/mol. The van der Waals surface area contributed by atoms with Gasteiger partial charge in [0, 0.05) is 0 Å². The minimum atomic E-state index is -0.417. The maximum Gasteiger partial charge on any atom is 3.00 e. The van der Waals surface area contributed by atoms with Crippen molar-refractivity contribution in [1.82, 2.24) is 6.15 Å². The molecule has 0 aromatic rings. The van der Waals surface area contributed by atoms with Gasteiger partial charge >= 0.3 is 6.15 Å². The first-order valence-electron chi connectivity index (χ1n) is 4.17. The van der Waals surface area contributed by atoms with Gasteiger partial charge in [-0.15, -0.1) is 18.3 Å². The zero-order valence-electron chi connectivity index (χ0n) is 9.40. The maximum atomic E-state index is 9.53. The van der Waals surface area contributed by atoms with Crippen LogP contribution < -0.4 is 21.5 Å². The van der Waals surface area contributed by atoms with Crippen molar-refractivity contribution in [3.05, 3.63) is 0 Å². The third-order valence-corrected chi connectivity index (χ3v) is 0. The van der Waals surface area contributed by atoms with Crippen LogP contribution in [-0.4, -0.2) is 18.3 Å². The zero-order chi connectivity index (χ0) is 10.7. The summed E-state index contributed by atoms with van der Waals surface area (Å²) in [6, 6.07) is 0. The minimum Gasteiger partial charge on any atom is -0.852 e. The van der Waals surface area contributed by atoms with Crippen LogP contribution in [0.5, 0.6) is 0 Å². The Morgan fingerprint density at radius 1 is 0.538 bits per heavy atom. The van der Waals surface area contributed by atoms with Crippen LogP contribution in [0.3, 0.4) is 0 Å². The normalized spacial score (nSPS) is 8.31. The van der Waals surface area contributed by atoms with Crippen LogP contribution in [0.1, 0.15) is 41.5 Å². The van der Waals surface area contributed by atoms with Crippen LogP contribution in [0.25, 0.3) is 0 Å². The molecule has 0 aliphatic carbocycles. The lowest BCUT2D eigenvalue weighted by atomic mass is 10.5. The van der Waals surface area contributed by atoms with Gasteiger partial charge in [-0.1, -0.05) is 41.5 Å². The SMILES string of the molecule is CC(C)[O-].CC(C)[O-].CC(C)[O-].[N+3]. The van der Waals surface area contributed by atoms with Crippen molar-refractivity contribution in [3.63, 3.8) is 0 Å². The second kappa shape index (κ2) is 17.6. The Morgan fingerprint density at radius 2 is 0.538 bits per heavy atom. The van der Waals surface area contributed by atoms with Gasteiger partial charge in [-0.25, -0.2) is 0 Å². The molecule has 0 saturated heterocycles. The summed E-state index contributed by atoms with van der Waals surface area (Å²) in [5.74, 6) is 0. The number of hydrogen-bond acceptors (Lipinski definition) is 3. The van der Waals surface area contributed by atoms with Crippen molar-refractivity contribution in [3.8, 4) is 0 Å². The molecule has 0 unspecified atom stereocenters. The third kappa shape index (κ3) is 6340. The summed E-state index contributed by atoms with van der Waals surface area (Å²) in [6.07, 6.45) is -1.25. The highest BCUT2D eigenvalue weighted by Gasteiger charge is 3.00. The fourth-order valence-electron chi connectivity index (χ4n) is 0. The van der Waals surface area contributed by atoms with Crippen LogP contribution in [-0.2, 0) is 0 Å². The van der Waals surface area contributed by atoms with Crippen LogP contribution in [0.2, 0.25) is 0 Å². The molecule has 0 rings (SSSR count). The Bertz CT molecular complexity index is 43.4. The Labute approximate surface area is 82.2 Å². The molecule has 0 atom stereocenters. The van der Waals surface area contributed by atoms with Crippen molar-refractivity contribution < 1.29 is 15.3 Å². The predicted molar refractivity (Wildman–Crippen MR) is 47.5 cm³/mol. The highest BCUT2D eigenvalue weighted by atomic mass is 16.3. The average Bonchev–Trinajstić information content (AvgIpc) is 1.54. The standard InChI is InChI=1S/3C3H7O.N/c3*1-3(2)4;/h3*3H,1-2H3;/q3*-1;+3. The second-order valence-corrected chi connectivity index (χ2v) is 3.15. The summed E-state index contributed by atoms with van der Waals surface area (Å²) < 4.78 is 0. The topological polar surface area (TPSA) is 99.7 Å². The summed E-state index contributed by atoms with van der Waals surface area (Å²) in [6.45, 7) is 9.67. The van der Waals surface area contributed by atoms with Crippen molar-refractivity contribution in [2.75, 3.05) is 0 Å². The van der Waals surface area contributed by atoms with Crippen molar-refractivity contribution in [1.29, 1.82) is 0 Å². The Morgan fingerprint density at radius 3 is 0.538 bits per heavy atom. The van der Waals surface area contributed by atoms with Gasteiger partial charge in [0.2, 0.25) is 0 Å². The van der Waals surface area contributed by atoms with Gasteiger partial charge in [-0.05, 0) is 0 Å². The van der Waals surface area contributed by atoms with Gasteiger partial charge in [-0.2, -0.15) is 0 Å². The Balaban J connectivity index is -0.0000000450. The minimum absolute atomic E-state index is 0. The highest BCUT2D eigenvalue weighted by molar-refractivity contribution is 4.18. The molecule has 4 heteroatoms. The molecule has 0 heterocycles. The third-order valence-electron chi connectivity index (χ3n) is 0. The number of nitrogens with zero attached hydrogens (tertiary/aromatic N) is 1. The first-order valence-corrected chi connectivity index (χ1v) is 4.17. The predicted octanol–water partition coefficient (Wildman–Crippen LogP) is -1.22. The van der Waals surface area contributed by atoms with Gasteiger partial charge in [0.25, 0.3) is 0 Å². The van der Waals surface area contributed by atoms with Crippen LogP contribution >= 0.6 is 0 Å². The van der Waals surface area contributed by atoms with Crippen LogP contribution in [0.4, 0.5) is 0 Å². The number of hydrogen-bond donors (Lipinski definition) is 0. The van der Waals surface area contributed by atoms with Gasteiger partial charge in [0.05, 0.1) is 0 Å². The maximum absolute atomic E-state index is 9.53. The molecule has 0 spiro atoms. The Kier molecular flexibility index (Phi) is 31.1. The molecule has 0 fully saturated rings. The molecule has 80 valence electrons. The van der Waals surface area contributed by atoms with E-state index in [4.69, 9.17) is 0 Å². The molecule has 2 radical (unpaired) electrons. The number of rotatable bonds is 0. The van der Waals surface area contributed by atoms with Gasteiger partial charge in [0.1, 0.15) is 0 Å². The molecule has 0 N–H and O–H groups in total. The Hall–Kier alpha value is -0.410. The molecule has 0 aromatic heterocycles. The van der Waals surface area contributed by atoms with Crippen molar-refractivity contribution in [2.24, 2.45) is 0 Å². The summed E-state index contributed by atoms with van der Waals surface area (Å²) in [7, 11) is 0. The fraction of sp³-hybridized carbons (Fsp3) is 1.00. The van der Waals surface area contributed by atoms with Gasteiger partial charge in [-0.3, -0.25) is 0 Å². The van der Waals surface area contributed by atoms with E-state index in [1.165, 1.54) is 0 Å².